The Kier molecular flexibility index (Phi) is 3.41. The minimum absolute atomic E-state index is 0.806. The van der Waals surface area contributed by atoms with Gasteiger partial charge in [0.15, 0.2) is 0 Å². The summed E-state index contributed by atoms with van der Waals surface area (Å²) in [7, 11) is 0. The average molecular weight is 318 g/mol. The lowest BCUT2D eigenvalue weighted by Gasteiger charge is -2.22. The summed E-state index contributed by atoms with van der Waals surface area (Å²) in [4.78, 5) is 9.09. The molecule has 2 aromatic heterocycles. The minimum atomic E-state index is 0.806. The van der Waals surface area contributed by atoms with Gasteiger partial charge in [-0.05, 0) is 67.8 Å². The Hall–Kier alpha value is -2.62. The van der Waals surface area contributed by atoms with Crippen LogP contribution in [0.15, 0.2) is 24.5 Å². The molecule has 3 heterocycles. The van der Waals surface area contributed by atoms with Crippen molar-refractivity contribution in [2.24, 2.45) is 0 Å². The number of benzene rings is 1. The topological polar surface area (TPSA) is 63.8 Å². The number of anilines is 2. The van der Waals surface area contributed by atoms with Gasteiger partial charge in [0, 0.05) is 41.3 Å². The lowest BCUT2D eigenvalue weighted by atomic mass is 9.92. The second kappa shape index (κ2) is 5.48. The Morgan fingerprint density at radius 1 is 1.00 bits per heavy atom. The zero-order valence-corrected chi connectivity index (χ0v) is 14.4. The summed E-state index contributed by atoms with van der Waals surface area (Å²) < 4.78 is 0. The van der Waals surface area contributed by atoms with Gasteiger partial charge in [0.1, 0.15) is 0 Å². The van der Waals surface area contributed by atoms with Crippen molar-refractivity contribution in [2.75, 3.05) is 17.6 Å². The quantitative estimate of drug-likeness (QED) is 0.661. The molecule has 3 N–H and O–H groups in total. The molecule has 1 aliphatic rings. The van der Waals surface area contributed by atoms with E-state index in [1.165, 1.54) is 16.9 Å². The maximum absolute atomic E-state index is 6.42. The minimum Gasteiger partial charge on any atom is -0.398 e. The molecule has 0 fully saturated rings. The van der Waals surface area contributed by atoms with Crippen LogP contribution in [0.5, 0.6) is 0 Å². The fraction of sp³-hybridized carbons (Fsp3) is 0.300. The highest BCUT2D eigenvalue weighted by molar-refractivity contribution is 5.99. The number of aryl methyl sites for hydroxylation is 2. The van der Waals surface area contributed by atoms with E-state index in [9.17, 15) is 0 Å². The Bertz CT molecular complexity index is 960. The van der Waals surface area contributed by atoms with E-state index >= 15 is 0 Å². The molecule has 3 aromatic rings. The summed E-state index contributed by atoms with van der Waals surface area (Å²) in [5.74, 6) is 0. The number of hydrogen-bond donors (Lipinski definition) is 2. The number of fused-ring (bicyclic) bond motifs is 2. The van der Waals surface area contributed by atoms with Gasteiger partial charge in [-0.25, -0.2) is 0 Å². The first-order valence-electron chi connectivity index (χ1n) is 8.44. The molecule has 0 amide bonds. The Morgan fingerprint density at radius 3 is 2.67 bits per heavy atom. The molecular weight excluding hydrogens is 296 g/mol. The van der Waals surface area contributed by atoms with Crippen LogP contribution in [0.2, 0.25) is 0 Å². The first-order chi connectivity index (χ1) is 11.6. The normalized spacial score (nSPS) is 13.6. The molecule has 4 nitrogen and oxygen atoms in total. The molecule has 0 radical (unpaired) electrons. The Balaban J connectivity index is 1.98. The largest absolute Gasteiger partial charge is 0.398 e. The number of hydrogen-bond acceptors (Lipinski definition) is 4. The molecule has 0 bridgehead atoms. The molecule has 0 saturated carbocycles. The van der Waals surface area contributed by atoms with Gasteiger partial charge in [0.2, 0.25) is 0 Å². The number of nitrogens with one attached hydrogen (secondary N) is 1. The third-order valence-corrected chi connectivity index (χ3v) is 5.07. The third-order valence-electron chi connectivity index (χ3n) is 5.07. The van der Waals surface area contributed by atoms with Crippen LogP contribution in [0.1, 0.15) is 28.9 Å². The number of aromatic nitrogens is 2. The molecule has 1 aromatic carbocycles. The highest BCUT2D eigenvalue weighted by Gasteiger charge is 2.18. The van der Waals surface area contributed by atoms with Gasteiger partial charge in [0.25, 0.3) is 0 Å². The Labute approximate surface area is 142 Å². The predicted octanol–water partition coefficient (Wildman–Crippen LogP) is 4.16. The van der Waals surface area contributed by atoms with E-state index in [0.29, 0.717) is 0 Å². The molecular formula is C20H22N4. The van der Waals surface area contributed by atoms with Crippen molar-refractivity contribution in [1.82, 2.24) is 9.97 Å². The van der Waals surface area contributed by atoms with Gasteiger partial charge in [0.05, 0.1) is 11.4 Å². The van der Waals surface area contributed by atoms with Crippen LogP contribution in [0.3, 0.4) is 0 Å². The van der Waals surface area contributed by atoms with E-state index in [-0.39, 0.29) is 0 Å². The highest BCUT2D eigenvalue weighted by Crippen LogP contribution is 2.38. The second-order valence-electron chi connectivity index (χ2n) is 6.66. The first-order valence-corrected chi connectivity index (χ1v) is 8.44. The van der Waals surface area contributed by atoms with Crippen molar-refractivity contribution in [2.45, 2.75) is 33.6 Å². The van der Waals surface area contributed by atoms with Gasteiger partial charge in [-0.2, -0.15) is 0 Å². The van der Waals surface area contributed by atoms with Gasteiger partial charge >= 0.3 is 0 Å². The Morgan fingerprint density at radius 2 is 1.83 bits per heavy atom. The summed E-state index contributed by atoms with van der Waals surface area (Å²) >= 11 is 0. The SMILES string of the molecule is Cc1cc2cc(-c3cnc4c(c3C)NCCC4)c(C)c(N)c2cn1. The standard InChI is InChI=1S/C20H22N4/c1-11-7-14-8-15(12(2)19(21)17(14)10-23-11)16-9-24-18-5-4-6-22-20(18)13(16)3/h7-10,22H,4-6,21H2,1-3H3. The molecule has 0 unspecified atom stereocenters. The number of nitrogens with two attached hydrogens (primary N) is 1. The van der Waals surface area contributed by atoms with E-state index < -0.39 is 0 Å². The van der Waals surface area contributed by atoms with E-state index in [4.69, 9.17) is 10.7 Å². The zero-order chi connectivity index (χ0) is 16.8. The maximum atomic E-state index is 6.42. The van der Waals surface area contributed by atoms with Crippen LogP contribution in [0.4, 0.5) is 11.4 Å². The lowest BCUT2D eigenvalue weighted by molar-refractivity contribution is 0.799. The van der Waals surface area contributed by atoms with Gasteiger partial charge in [-0.1, -0.05) is 0 Å². The summed E-state index contributed by atoms with van der Waals surface area (Å²) in [5.41, 5.74) is 15.3. The van der Waals surface area contributed by atoms with Crippen molar-refractivity contribution >= 4 is 22.1 Å². The van der Waals surface area contributed by atoms with Gasteiger partial charge in [-0.3, -0.25) is 9.97 Å². The maximum Gasteiger partial charge on any atom is 0.0638 e. The van der Waals surface area contributed by atoms with Crippen molar-refractivity contribution in [1.29, 1.82) is 0 Å². The van der Waals surface area contributed by atoms with Crippen molar-refractivity contribution in [3.8, 4) is 11.1 Å². The van der Waals surface area contributed by atoms with E-state index in [2.05, 4.69) is 36.3 Å². The van der Waals surface area contributed by atoms with Crippen molar-refractivity contribution in [3.05, 3.63) is 47.0 Å². The smallest absolute Gasteiger partial charge is 0.0638 e. The van der Waals surface area contributed by atoms with Gasteiger partial charge < -0.3 is 11.1 Å². The zero-order valence-electron chi connectivity index (χ0n) is 14.4. The molecule has 0 saturated heterocycles. The van der Waals surface area contributed by atoms with E-state index in [1.807, 2.05) is 19.3 Å². The summed E-state index contributed by atoms with van der Waals surface area (Å²) in [5, 5.41) is 5.67. The summed E-state index contributed by atoms with van der Waals surface area (Å²) in [6, 6.07) is 4.31. The highest BCUT2D eigenvalue weighted by atomic mass is 14.9. The summed E-state index contributed by atoms with van der Waals surface area (Å²) in [6.45, 7) is 7.27. The number of rotatable bonds is 1. The molecule has 0 atom stereocenters. The van der Waals surface area contributed by atoms with Crippen LogP contribution in [0.25, 0.3) is 21.9 Å². The van der Waals surface area contributed by atoms with E-state index in [1.54, 1.807) is 0 Å². The van der Waals surface area contributed by atoms with Gasteiger partial charge in [-0.15, -0.1) is 0 Å². The number of nitrogens with zero attached hydrogens (tertiary/aromatic N) is 2. The predicted molar refractivity (Wildman–Crippen MR) is 100 cm³/mol. The van der Waals surface area contributed by atoms with Crippen LogP contribution < -0.4 is 11.1 Å². The van der Waals surface area contributed by atoms with E-state index in [0.717, 1.165) is 58.2 Å². The van der Waals surface area contributed by atoms with Crippen LogP contribution in [0, 0.1) is 20.8 Å². The van der Waals surface area contributed by atoms with Crippen molar-refractivity contribution < 1.29 is 0 Å². The number of pyridine rings is 2. The fourth-order valence-electron chi connectivity index (χ4n) is 3.64. The molecule has 4 heteroatoms. The molecule has 122 valence electrons. The average Bonchev–Trinajstić information content (AvgIpc) is 2.59. The second-order valence-corrected chi connectivity index (χ2v) is 6.66. The molecule has 0 spiro atoms. The lowest BCUT2D eigenvalue weighted by Crippen LogP contribution is -2.15. The van der Waals surface area contributed by atoms with Crippen LogP contribution >= 0.6 is 0 Å². The molecule has 1 aliphatic heterocycles. The molecule has 4 rings (SSSR count). The monoisotopic (exact) mass is 318 g/mol. The third kappa shape index (κ3) is 2.21. The molecule has 0 aliphatic carbocycles. The van der Waals surface area contributed by atoms with Crippen LogP contribution in [-0.2, 0) is 6.42 Å². The van der Waals surface area contributed by atoms with Crippen LogP contribution in [-0.4, -0.2) is 16.5 Å². The summed E-state index contributed by atoms with van der Waals surface area (Å²) in [6.07, 6.45) is 6.07. The first kappa shape index (κ1) is 14.9. The molecule has 24 heavy (non-hydrogen) atoms. The number of nitrogen functional groups attached to an aromatic ring is 1. The van der Waals surface area contributed by atoms with Crippen molar-refractivity contribution in [3.63, 3.8) is 0 Å². The fourth-order valence-corrected chi connectivity index (χ4v) is 3.64.